The summed E-state index contributed by atoms with van der Waals surface area (Å²) in [6.45, 7) is 1.27. The summed E-state index contributed by atoms with van der Waals surface area (Å²) in [5, 5.41) is 11.5. The topological polar surface area (TPSA) is 68.1 Å². The number of rotatable bonds is 3. The van der Waals surface area contributed by atoms with Crippen molar-refractivity contribution in [1.82, 2.24) is 0 Å². The molecule has 92 valence electrons. The van der Waals surface area contributed by atoms with Crippen molar-refractivity contribution in [2.45, 2.75) is 6.92 Å². The number of methoxy groups -OCH3 is 1. The first-order valence-electron chi connectivity index (χ1n) is 4.43. The van der Waals surface area contributed by atoms with E-state index >= 15 is 0 Å². The molecule has 0 atom stereocenters. The highest BCUT2D eigenvalue weighted by Gasteiger charge is 2.18. The van der Waals surface area contributed by atoms with E-state index in [2.05, 4.69) is 37.0 Å². The number of benzene rings is 1. The van der Waals surface area contributed by atoms with Crippen molar-refractivity contribution >= 4 is 44.0 Å². The van der Waals surface area contributed by atoms with Crippen LogP contribution < -0.4 is 9.47 Å². The number of halogens is 2. The molecular weight excluding hydrogens is 358 g/mol. The van der Waals surface area contributed by atoms with E-state index in [0.29, 0.717) is 20.3 Å². The van der Waals surface area contributed by atoms with Crippen LogP contribution in [0.5, 0.6) is 11.5 Å². The Bertz CT molecular complexity index is 474. The number of nitrogens with zero attached hydrogens (tertiary/aromatic N) is 1. The van der Waals surface area contributed by atoms with Gasteiger partial charge >= 0.3 is 5.97 Å². The molecule has 0 bridgehead atoms. The van der Waals surface area contributed by atoms with Crippen LogP contribution in [0, 0.1) is 0 Å². The Balaban J connectivity index is 3.49. The zero-order chi connectivity index (χ0) is 13.0. The first-order chi connectivity index (χ1) is 8.01. The number of esters is 1. The van der Waals surface area contributed by atoms with Crippen LogP contribution in [0.4, 0.5) is 0 Å². The lowest BCUT2D eigenvalue weighted by Crippen LogP contribution is -2.06. The predicted molar refractivity (Wildman–Crippen MR) is 69.1 cm³/mol. The van der Waals surface area contributed by atoms with Gasteiger partial charge in [-0.2, -0.15) is 0 Å². The summed E-state index contributed by atoms with van der Waals surface area (Å²) in [4.78, 5) is 11.0. The van der Waals surface area contributed by atoms with E-state index in [1.54, 1.807) is 6.07 Å². The van der Waals surface area contributed by atoms with Gasteiger partial charge in [0.05, 0.1) is 18.9 Å². The highest BCUT2D eigenvalue weighted by molar-refractivity contribution is 9.13. The maximum atomic E-state index is 11.0. The van der Waals surface area contributed by atoms with Crippen LogP contribution in [-0.4, -0.2) is 24.5 Å². The van der Waals surface area contributed by atoms with E-state index in [-0.39, 0.29) is 5.75 Å². The van der Waals surface area contributed by atoms with Gasteiger partial charge in [-0.1, -0.05) is 5.16 Å². The molecule has 0 aromatic heterocycles. The van der Waals surface area contributed by atoms with Crippen LogP contribution in [0.1, 0.15) is 12.5 Å². The van der Waals surface area contributed by atoms with E-state index in [1.165, 1.54) is 14.0 Å². The lowest BCUT2D eigenvalue weighted by Gasteiger charge is -2.13. The van der Waals surface area contributed by atoms with Crippen molar-refractivity contribution in [1.29, 1.82) is 0 Å². The summed E-state index contributed by atoms with van der Waals surface area (Å²) >= 11 is 6.59. The molecule has 7 heteroatoms. The zero-order valence-corrected chi connectivity index (χ0v) is 12.2. The van der Waals surface area contributed by atoms with Crippen molar-refractivity contribution < 1.29 is 19.5 Å². The lowest BCUT2D eigenvalue weighted by atomic mass is 10.2. The van der Waals surface area contributed by atoms with Crippen molar-refractivity contribution in [2.75, 3.05) is 7.11 Å². The average molecular weight is 367 g/mol. The summed E-state index contributed by atoms with van der Waals surface area (Å²) in [5.41, 5.74) is 0.397. The van der Waals surface area contributed by atoms with Crippen LogP contribution in [0.25, 0.3) is 0 Å². The largest absolute Gasteiger partial charge is 0.493 e. The molecule has 1 aromatic carbocycles. The van der Waals surface area contributed by atoms with Gasteiger partial charge < -0.3 is 14.7 Å². The van der Waals surface area contributed by atoms with Crippen LogP contribution in [-0.2, 0) is 4.79 Å². The average Bonchev–Trinajstić information content (AvgIpc) is 2.27. The van der Waals surface area contributed by atoms with Gasteiger partial charge in [0.25, 0.3) is 0 Å². The van der Waals surface area contributed by atoms with Crippen LogP contribution in [0.2, 0.25) is 0 Å². The SMILES string of the molecule is COc1cc(Br)c(Br)c(/C=N\O)c1OC(C)=O. The molecule has 0 aliphatic heterocycles. The third kappa shape index (κ3) is 3.19. The van der Waals surface area contributed by atoms with E-state index in [1.807, 2.05) is 0 Å². The Labute approximate surface area is 115 Å². The van der Waals surface area contributed by atoms with E-state index in [9.17, 15) is 4.79 Å². The molecule has 5 nitrogen and oxygen atoms in total. The zero-order valence-electron chi connectivity index (χ0n) is 9.03. The van der Waals surface area contributed by atoms with E-state index in [4.69, 9.17) is 14.7 Å². The van der Waals surface area contributed by atoms with Crippen molar-refractivity contribution in [2.24, 2.45) is 5.16 Å². The first-order valence-corrected chi connectivity index (χ1v) is 6.01. The molecule has 0 fully saturated rings. The van der Waals surface area contributed by atoms with Gasteiger partial charge in [-0.25, -0.2) is 0 Å². The molecule has 0 saturated carbocycles. The molecule has 0 radical (unpaired) electrons. The highest BCUT2D eigenvalue weighted by atomic mass is 79.9. The molecule has 0 heterocycles. The summed E-state index contributed by atoms with van der Waals surface area (Å²) in [7, 11) is 1.45. The number of ether oxygens (including phenoxy) is 2. The normalized spacial score (nSPS) is 10.6. The molecule has 0 amide bonds. The second-order valence-corrected chi connectivity index (χ2v) is 4.60. The summed E-state index contributed by atoms with van der Waals surface area (Å²) < 4.78 is 11.4. The molecule has 0 unspecified atom stereocenters. The van der Waals surface area contributed by atoms with Crippen LogP contribution in [0.3, 0.4) is 0 Å². The molecule has 0 spiro atoms. The van der Waals surface area contributed by atoms with Gasteiger partial charge in [0.2, 0.25) is 0 Å². The van der Waals surface area contributed by atoms with Gasteiger partial charge in [-0.3, -0.25) is 4.79 Å². The molecule has 1 rings (SSSR count). The Morgan fingerprint density at radius 3 is 2.65 bits per heavy atom. The molecule has 1 N–H and O–H groups in total. The molecule has 0 saturated heterocycles. The van der Waals surface area contributed by atoms with Crippen molar-refractivity contribution in [3.05, 3.63) is 20.6 Å². The minimum absolute atomic E-state index is 0.188. The Morgan fingerprint density at radius 2 is 2.18 bits per heavy atom. The maximum Gasteiger partial charge on any atom is 0.308 e. The summed E-state index contributed by atoms with van der Waals surface area (Å²) in [5.74, 6) is 0.0446. The number of carbonyl (C=O) groups excluding carboxylic acids is 1. The smallest absolute Gasteiger partial charge is 0.308 e. The van der Waals surface area contributed by atoms with Gasteiger partial charge in [-0.05, 0) is 37.9 Å². The monoisotopic (exact) mass is 365 g/mol. The van der Waals surface area contributed by atoms with E-state index in [0.717, 1.165) is 6.21 Å². The van der Waals surface area contributed by atoms with Gasteiger partial charge in [0.15, 0.2) is 11.5 Å². The predicted octanol–water partition coefficient (Wildman–Crippen LogP) is 2.95. The second kappa shape index (κ2) is 6.02. The minimum Gasteiger partial charge on any atom is -0.493 e. The number of hydrogen-bond donors (Lipinski definition) is 1. The summed E-state index contributed by atoms with van der Waals surface area (Å²) in [6.07, 6.45) is 1.15. The fraction of sp³-hybridized carbons (Fsp3) is 0.200. The van der Waals surface area contributed by atoms with Gasteiger partial charge in [0, 0.05) is 15.9 Å². The fourth-order valence-corrected chi connectivity index (χ4v) is 2.00. The second-order valence-electron chi connectivity index (χ2n) is 2.96. The van der Waals surface area contributed by atoms with Crippen molar-refractivity contribution in [3.8, 4) is 11.5 Å². The standard InChI is InChI=1S/C10H9Br2NO4/c1-5(14)17-10-6(4-13-15)9(12)7(11)3-8(10)16-2/h3-4,15H,1-2H3/b13-4-. The van der Waals surface area contributed by atoms with Gasteiger partial charge in [-0.15, -0.1) is 0 Å². The lowest BCUT2D eigenvalue weighted by molar-refractivity contribution is -0.132. The molecule has 17 heavy (non-hydrogen) atoms. The summed E-state index contributed by atoms with van der Waals surface area (Å²) in [6, 6.07) is 1.64. The Hall–Kier alpha value is -1.08. The van der Waals surface area contributed by atoms with Gasteiger partial charge in [0.1, 0.15) is 0 Å². The number of carbonyl (C=O) groups is 1. The van der Waals surface area contributed by atoms with Crippen LogP contribution >= 0.6 is 31.9 Å². The fourth-order valence-electron chi connectivity index (χ4n) is 1.18. The number of oxime groups is 1. The third-order valence-electron chi connectivity index (χ3n) is 1.82. The first kappa shape index (κ1) is 14.0. The molecule has 1 aromatic rings. The Kier molecular flexibility index (Phi) is 4.95. The third-order valence-corrected chi connectivity index (χ3v) is 3.84. The van der Waals surface area contributed by atoms with Crippen LogP contribution in [0.15, 0.2) is 20.2 Å². The molecular formula is C10H9Br2NO4. The number of hydrogen-bond acceptors (Lipinski definition) is 5. The highest BCUT2D eigenvalue weighted by Crippen LogP contribution is 2.40. The van der Waals surface area contributed by atoms with Crippen molar-refractivity contribution in [3.63, 3.8) is 0 Å². The van der Waals surface area contributed by atoms with E-state index < -0.39 is 5.97 Å². The maximum absolute atomic E-state index is 11.0. The minimum atomic E-state index is -0.495. The molecule has 0 aliphatic carbocycles. The Morgan fingerprint density at radius 1 is 1.53 bits per heavy atom. The molecule has 0 aliphatic rings. The quantitative estimate of drug-likeness (QED) is 0.293.